The molecule has 1 heterocycles. The first-order chi connectivity index (χ1) is 18.4. The van der Waals surface area contributed by atoms with E-state index in [0.717, 1.165) is 0 Å². The Morgan fingerprint density at radius 2 is 1.66 bits per heavy atom. The molecule has 0 aliphatic heterocycles. The zero-order chi connectivity index (χ0) is 27.2. The second kappa shape index (κ2) is 11.5. The Hall–Kier alpha value is -4.86. The van der Waals surface area contributed by atoms with E-state index >= 15 is 0 Å². The van der Waals surface area contributed by atoms with Crippen LogP contribution in [0.25, 0.3) is 10.9 Å². The van der Waals surface area contributed by atoms with Gasteiger partial charge >= 0.3 is 5.97 Å². The van der Waals surface area contributed by atoms with E-state index in [1.54, 1.807) is 43.3 Å². The molecule has 0 saturated carbocycles. The van der Waals surface area contributed by atoms with Gasteiger partial charge in [-0.25, -0.2) is 9.78 Å². The smallest absolute Gasteiger partial charge is 0.343 e. The number of benzene rings is 3. The molecular weight excluding hydrogens is 490 g/mol. The van der Waals surface area contributed by atoms with E-state index in [4.69, 9.17) is 23.7 Å². The molecule has 0 radical (unpaired) electrons. The number of methoxy groups -OCH3 is 3. The Kier molecular flexibility index (Phi) is 7.91. The van der Waals surface area contributed by atoms with Crippen molar-refractivity contribution in [3.8, 4) is 28.7 Å². The number of nitrogens with zero attached hydrogens (tertiary/aromatic N) is 3. The highest BCUT2D eigenvalue weighted by molar-refractivity contribution is 5.93. The van der Waals surface area contributed by atoms with E-state index in [1.807, 2.05) is 13.0 Å². The lowest BCUT2D eigenvalue weighted by Crippen LogP contribution is -2.20. The van der Waals surface area contributed by atoms with Gasteiger partial charge in [0, 0.05) is 0 Å². The highest BCUT2D eigenvalue weighted by atomic mass is 16.6. The molecule has 4 aromatic rings. The van der Waals surface area contributed by atoms with Gasteiger partial charge in [-0.15, -0.1) is 0 Å². The molecule has 3 aromatic carbocycles. The summed E-state index contributed by atoms with van der Waals surface area (Å²) in [6.07, 6.45) is 1.51. The van der Waals surface area contributed by atoms with Crippen molar-refractivity contribution in [1.29, 1.82) is 0 Å². The van der Waals surface area contributed by atoms with Crippen LogP contribution in [0.3, 0.4) is 0 Å². The molecule has 4 rings (SSSR count). The summed E-state index contributed by atoms with van der Waals surface area (Å²) in [6.45, 7) is 3.86. The Morgan fingerprint density at radius 1 is 0.947 bits per heavy atom. The van der Waals surface area contributed by atoms with Crippen LogP contribution < -0.4 is 29.2 Å². The summed E-state index contributed by atoms with van der Waals surface area (Å²) >= 11 is 0. The number of hydrogen-bond donors (Lipinski definition) is 0. The SMILES string of the molecule is CCOc1cc(C=Nn2c(C)nc3ccccc3c2=O)ccc1OC(=O)c1cc(OC)c(OC)c(OC)c1. The fraction of sp³-hybridized carbons (Fsp3) is 0.214. The van der Waals surface area contributed by atoms with E-state index in [1.165, 1.54) is 44.4 Å². The van der Waals surface area contributed by atoms with Gasteiger partial charge in [-0.2, -0.15) is 9.78 Å². The van der Waals surface area contributed by atoms with Crippen LogP contribution in [0.5, 0.6) is 28.7 Å². The quantitative estimate of drug-likeness (QED) is 0.184. The number of aromatic nitrogens is 2. The van der Waals surface area contributed by atoms with Crippen LogP contribution >= 0.6 is 0 Å². The van der Waals surface area contributed by atoms with Crippen LogP contribution in [-0.2, 0) is 0 Å². The molecule has 0 aliphatic rings. The zero-order valence-corrected chi connectivity index (χ0v) is 21.7. The van der Waals surface area contributed by atoms with Crippen LogP contribution in [0.4, 0.5) is 0 Å². The standard InChI is InChI=1S/C28H27N3O7/c1-6-37-23-13-18(16-29-31-17(2)30-21-10-8-7-9-20(21)27(31)32)11-12-22(23)38-28(33)19-14-24(34-3)26(36-5)25(15-19)35-4/h7-16H,6H2,1-5H3. The maximum atomic E-state index is 13.0. The Morgan fingerprint density at radius 3 is 2.32 bits per heavy atom. The van der Waals surface area contributed by atoms with Gasteiger partial charge in [-0.05, 0) is 61.9 Å². The summed E-state index contributed by atoms with van der Waals surface area (Å²) in [7, 11) is 4.40. The number of ether oxygens (including phenoxy) is 5. The second-order valence-electron chi connectivity index (χ2n) is 7.98. The number of hydrogen-bond acceptors (Lipinski definition) is 9. The molecule has 0 unspecified atom stereocenters. The number of aryl methyl sites for hydroxylation is 1. The predicted molar refractivity (Wildman–Crippen MR) is 142 cm³/mol. The van der Waals surface area contributed by atoms with E-state index in [0.29, 0.717) is 51.9 Å². The lowest BCUT2D eigenvalue weighted by molar-refractivity contribution is 0.0727. The first kappa shape index (κ1) is 26.2. The monoisotopic (exact) mass is 517 g/mol. The molecule has 10 heteroatoms. The third kappa shape index (κ3) is 5.29. The third-order valence-electron chi connectivity index (χ3n) is 5.61. The van der Waals surface area contributed by atoms with Crippen molar-refractivity contribution >= 4 is 23.1 Å². The lowest BCUT2D eigenvalue weighted by atomic mass is 10.1. The molecule has 0 N–H and O–H groups in total. The van der Waals surface area contributed by atoms with Crippen LogP contribution in [0.2, 0.25) is 0 Å². The van der Waals surface area contributed by atoms with Crippen molar-refractivity contribution < 1.29 is 28.5 Å². The van der Waals surface area contributed by atoms with Crippen LogP contribution in [0.15, 0.2) is 64.5 Å². The summed E-state index contributed by atoms with van der Waals surface area (Å²) in [5.74, 6) is 1.36. The number of fused-ring (bicyclic) bond motifs is 1. The normalized spacial score (nSPS) is 11.0. The van der Waals surface area contributed by atoms with Gasteiger partial charge in [-0.1, -0.05) is 12.1 Å². The maximum Gasteiger partial charge on any atom is 0.343 e. The summed E-state index contributed by atoms with van der Waals surface area (Å²) in [5, 5.41) is 4.80. The Bertz CT molecular complexity index is 1550. The number of carbonyl (C=O) groups is 1. The van der Waals surface area contributed by atoms with Crippen molar-refractivity contribution in [2.75, 3.05) is 27.9 Å². The molecule has 0 fully saturated rings. The predicted octanol–water partition coefficient (Wildman–Crippen LogP) is 4.23. The second-order valence-corrected chi connectivity index (χ2v) is 7.98. The average molecular weight is 518 g/mol. The molecule has 196 valence electrons. The fourth-order valence-electron chi connectivity index (χ4n) is 3.81. The van der Waals surface area contributed by atoms with E-state index < -0.39 is 5.97 Å². The molecule has 10 nitrogen and oxygen atoms in total. The van der Waals surface area contributed by atoms with Gasteiger partial charge in [0.1, 0.15) is 5.82 Å². The molecule has 1 aromatic heterocycles. The van der Waals surface area contributed by atoms with E-state index in [-0.39, 0.29) is 16.9 Å². The summed E-state index contributed by atoms with van der Waals surface area (Å²) in [4.78, 5) is 30.3. The van der Waals surface area contributed by atoms with Crippen LogP contribution in [0, 0.1) is 6.92 Å². The molecule has 38 heavy (non-hydrogen) atoms. The van der Waals surface area contributed by atoms with Crippen LogP contribution in [0.1, 0.15) is 28.7 Å². The van der Waals surface area contributed by atoms with Gasteiger partial charge in [-0.3, -0.25) is 4.79 Å². The summed E-state index contributed by atoms with van der Waals surface area (Å²) in [6, 6.07) is 15.1. The molecule has 0 atom stereocenters. The largest absolute Gasteiger partial charge is 0.493 e. The molecule has 0 saturated heterocycles. The van der Waals surface area contributed by atoms with Gasteiger partial charge in [0.2, 0.25) is 5.75 Å². The first-order valence-corrected chi connectivity index (χ1v) is 11.7. The van der Waals surface area contributed by atoms with E-state index in [9.17, 15) is 9.59 Å². The maximum absolute atomic E-state index is 13.0. The Balaban J connectivity index is 1.63. The highest BCUT2D eigenvalue weighted by Gasteiger charge is 2.20. The van der Waals surface area contributed by atoms with Crippen molar-refractivity contribution in [1.82, 2.24) is 9.66 Å². The minimum absolute atomic E-state index is 0.200. The van der Waals surface area contributed by atoms with Crippen molar-refractivity contribution in [3.63, 3.8) is 0 Å². The van der Waals surface area contributed by atoms with Crippen molar-refractivity contribution in [2.24, 2.45) is 5.10 Å². The summed E-state index contributed by atoms with van der Waals surface area (Å²) in [5.41, 5.74) is 1.16. The van der Waals surface area contributed by atoms with Crippen molar-refractivity contribution in [2.45, 2.75) is 13.8 Å². The van der Waals surface area contributed by atoms with Crippen molar-refractivity contribution in [3.05, 3.63) is 81.9 Å². The molecule has 0 spiro atoms. The van der Waals surface area contributed by atoms with Gasteiger partial charge in [0.15, 0.2) is 23.0 Å². The molecule has 0 aliphatic carbocycles. The zero-order valence-electron chi connectivity index (χ0n) is 21.7. The molecular formula is C28H27N3O7. The highest BCUT2D eigenvalue weighted by Crippen LogP contribution is 2.39. The van der Waals surface area contributed by atoms with Gasteiger partial charge < -0.3 is 23.7 Å². The van der Waals surface area contributed by atoms with Gasteiger partial charge in [0.05, 0.1) is 50.6 Å². The Labute approximate surface area is 219 Å². The lowest BCUT2D eigenvalue weighted by Gasteiger charge is -2.15. The minimum atomic E-state index is -0.643. The number of esters is 1. The number of carbonyl (C=O) groups excluding carboxylic acids is 1. The van der Waals surface area contributed by atoms with Gasteiger partial charge in [0.25, 0.3) is 5.56 Å². The summed E-state index contributed by atoms with van der Waals surface area (Å²) < 4.78 is 28.5. The average Bonchev–Trinajstić information content (AvgIpc) is 2.93. The third-order valence-corrected chi connectivity index (χ3v) is 5.61. The van der Waals surface area contributed by atoms with E-state index in [2.05, 4.69) is 10.1 Å². The number of rotatable bonds is 9. The topological polar surface area (TPSA) is 110 Å². The minimum Gasteiger partial charge on any atom is -0.493 e. The molecule has 0 bridgehead atoms. The first-order valence-electron chi connectivity index (χ1n) is 11.7. The fourth-order valence-corrected chi connectivity index (χ4v) is 3.81. The number of para-hydroxylation sites is 1. The molecule has 0 amide bonds. The van der Waals surface area contributed by atoms with Crippen LogP contribution in [-0.4, -0.2) is 49.8 Å².